The lowest BCUT2D eigenvalue weighted by atomic mass is 10.2. The molecule has 1 aliphatic heterocycles. The highest BCUT2D eigenvalue weighted by Gasteiger charge is 2.43. The lowest BCUT2D eigenvalue weighted by Gasteiger charge is -2.45. The second-order valence-corrected chi connectivity index (χ2v) is 19.2. The van der Waals surface area contributed by atoms with Gasteiger partial charge in [-0.2, -0.15) is 0 Å². The van der Waals surface area contributed by atoms with Crippen LogP contribution in [0.4, 0.5) is 0 Å². The molecule has 25 heavy (non-hydrogen) atoms. The fraction of sp³-hybridized carbons (Fsp3) is 1.00. The van der Waals surface area contributed by atoms with Crippen LogP contribution in [0.25, 0.3) is 0 Å². The maximum Gasteiger partial charge on any atom is 0.147 e. The molecule has 0 aliphatic carbocycles. The average Bonchev–Trinajstić information content (AvgIpc) is 2.74. The van der Waals surface area contributed by atoms with E-state index in [0.29, 0.717) is 27.4 Å². The Hall–Kier alpha value is 0.780. The van der Waals surface area contributed by atoms with Crippen LogP contribution in [0.3, 0.4) is 0 Å². The van der Waals surface area contributed by atoms with E-state index in [0.717, 1.165) is 12.3 Å². The largest absolute Gasteiger partial charge is 0.349 e. The summed E-state index contributed by atoms with van der Waals surface area (Å²) in [5, 5.41) is 1.34. The summed E-state index contributed by atoms with van der Waals surface area (Å²) < 4.78 is 12.2. The molecular formula is C21H44O2P2. The third-order valence-corrected chi connectivity index (χ3v) is 12.9. The van der Waals surface area contributed by atoms with Gasteiger partial charge in [-0.05, 0) is 32.9 Å². The van der Waals surface area contributed by atoms with Crippen molar-refractivity contribution in [3.05, 3.63) is 0 Å². The Morgan fingerprint density at radius 2 is 0.800 bits per heavy atom. The van der Waals surface area contributed by atoms with Gasteiger partial charge in [0.1, 0.15) is 6.79 Å². The molecule has 4 heteroatoms. The molecule has 0 aromatic carbocycles. The molecule has 0 amide bonds. The van der Waals surface area contributed by atoms with E-state index in [4.69, 9.17) is 9.47 Å². The first kappa shape index (κ1) is 23.8. The Labute approximate surface area is 160 Å². The first-order valence-electron chi connectivity index (χ1n) is 9.73. The zero-order chi connectivity index (χ0) is 19.8. The van der Waals surface area contributed by atoms with E-state index in [1.807, 2.05) is 0 Å². The van der Waals surface area contributed by atoms with Crippen LogP contribution < -0.4 is 0 Å². The van der Waals surface area contributed by atoms with Crippen molar-refractivity contribution >= 4 is 15.8 Å². The van der Waals surface area contributed by atoms with E-state index in [1.165, 1.54) is 0 Å². The number of rotatable bonds is 4. The van der Waals surface area contributed by atoms with Crippen LogP contribution in [0.2, 0.25) is 0 Å². The lowest BCUT2D eigenvalue weighted by molar-refractivity contribution is 0.0440. The van der Waals surface area contributed by atoms with Crippen molar-refractivity contribution in [2.75, 3.05) is 19.1 Å². The van der Waals surface area contributed by atoms with Crippen LogP contribution in [0, 0.1) is 0 Å². The van der Waals surface area contributed by atoms with Crippen LogP contribution in [0.5, 0.6) is 0 Å². The molecule has 0 radical (unpaired) electrons. The maximum absolute atomic E-state index is 6.12. The van der Waals surface area contributed by atoms with Crippen molar-refractivity contribution in [1.82, 2.24) is 0 Å². The number of hydrogen-bond acceptors (Lipinski definition) is 2. The summed E-state index contributed by atoms with van der Waals surface area (Å²) in [5.74, 6) is 0. The molecule has 1 fully saturated rings. The second-order valence-electron chi connectivity index (χ2n) is 11.4. The molecule has 1 heterocycles. The normalized spacial score (nSPS) is 23.8. The zero-order valence-corrected chi connectivity index (χ0v) is 20.8. The number of ether oxygens (including phenoxy) is 2. The van der Waals surface area contributed by atoms with Gasteiger partial charge in [-0.3, -0.25) is 0 Å². The highest BCUT2D eigenvalue weighted by molar-refractivity contribution is 7.61. The molecule has 0 aromatic heterocycles. The van der Waals surface area contributed by atoms with Gasteiger partial charge in [-0.15, -0.1) is 0 Å². The SMILES string of the molecule is CC(C)(C)P(C[C@@H]1OCO[C@H]1CP(C(C)(C)C)C(C)(C)C)C(C)(C)C. The Morgan fingerprint density at radius 1 is 0.560 bits per heavy atom. The quantitative estimate of drug-likeness (QED) is 0.487. The molecular weight excluding hydrogens is 346 g/mol. The molecule has 0 unspecified atom stereocenters. The molecule has 2 nitrogen and oxygen atoms in total. The van der Waals surface area contributed by atoms with E-state index in [2.05, 4.69) is 83.1 Å². The summed E-state index contributed by atoms with van der Waals surface area (Å²) >= 11 is 0. The van der Waals surface area contributed by atoms with Crippen LogP contribution >= 0.6 is 15.8 Å². The highest BCUT2D eigenvalue weighted by atomic mass is 31.1. The smallest absolute Gasteiger partial charge is 0.147 e. The molecule has 0 spiro atoms. The van der Waals surface area contributed by atoms with Crippen molar-refractivity contribution < 1.29 is 9.47 Å². The first-order valence-corrected chi connectivity index (χ1v) is 12.8. The van der Waals surface area contributed by atoms with E-state index in [-0.39, 0.29) is 28.1 Å². The van der Waals surface area contributed by atoms with E-state index in [1.54, 1.807) is 0 Å². The summed E-state index contributed by atoms with van der Waals surface area (Å²) in [7, 11) is -0.319. The van der Waals surface area contributed by atoms with Crippen molar-refractivity contribution in [3.63, 3.8) is 0 Å². The Kier molecular flexibility index (Phi) is 7.65. The van der Waals surface area contributed by atoms with Gasteiger partial charge >= 0.3 is 0 Å². The van der Waals surface area contributed by atoms with Gasteiger partial charge in [-0.25, -0.2) is 0 Å². The molecule has 150 valence electrons. The Balaban J connectivity index is 2.95. The van der Waals surface area contributed by atoms with Crippen molar-refractivity contribution in [1.29, 1.82) is 0 Å². The van der Waals surface area contributed by atoms with Crippen molar-refractivity contribution in [3.8, 4) is 0 Å². The van der Waals surface area contributed by atoms with Gasteiger partial charge < -0.3 is 9.47 Å². The van der Waals surface area contributed by atoms with Crippen molar-refractivity contribution in [2.45, 2.75) is 116 Å². The van der Waals surface area contributed by atoms with E-state index in [9.17, 15) is 0 Å². The van der Waals surface area contributed by atoms with Crippen molar-refractivity contribution in [2.24, 2.45) is 0 Å². The Morgan fingerprint density at radius 3 is 1.00 bits per heavy atom. The fourth-order valence-corrected chi connectivity index (χ4v) is 11.9. The van der Waals surface area contributed by atoms with Crippen LogP contribution in [-0.2, 0) is 9.47 Å². The number of hydrogen-bond donors (Lipinski definition) is 0. The second kappa shape index (κ2) is 8.03. The van der Waals surface area contributed by atoms with Gasteiger partial charge in [0.2, 0.25) is 0 Å². The van der Waals surface area contributed by atoms with Gasteiger partial charge in [0.25, 0.3) is 0 Å². The van der Waals surface area contributed by atoms with Gasteiger partial charge in [0.05, 0.1) is 12.2 Å². The third-order valence-electron chi connectivity index (χ3n) is 4.94. The molecule has 1 aliphatic rings. The monoisotopic (exact) mass is 390 g/mol. The van der Waals surface area contributed by atoms with E-state index < -0.39 is 0 Å². The minimum Gasteiger partial charge on any atom is -0.349 e. The first-order chi connectivity index (χ1) is 10.9. The predicted molar refractivity (Wildman–Crippen MR) is 117 cm³/mol. The minimum atomic E-state index is -0.159. The summed E-state index contributed by atoms with van der Waals surface area (Å²) in [6, 6.07) is 0. The Bertz CT molecular complexity index is 353. The van der Waals surface area contributed by atoms with Gasteiger partial charge in [-0.1, -0.05) is 98.9 Å². The van der Waals surface area contributed by atoms with E-state index >= 15 is 0 Å². The highest BCUT2D eigenvalue weighted by Crippen LogP contribution is 2.62. The average molecular weight is 391 g/mol. The van der Waals surface area contributed by atoms with Crippen LogP contribution in [0.15, 0.2) is 0 Å². The van der Waals surface area contributed by atoms with Gasteiger partial charge in [0, 0.05) is 0 Å². The van der Waals surface area contributed by atoms with Crippen LogP contribution in [-0.4, -0.2) is 51.9 Å². The summed E-state index contributed by atoms with van der Waals surface area (Å²) in [4.78, 5) is 0. The van der Waals surface area contributed by atoms with Crippen LogP contribution in [0.1, 0.15) is 83.1 Å². The summed E-state index contributed by atoms with van der Waals surface area (Å²) in [5.41, 5.74) is 0. The van der Waals surface area contributed by atoms with Gasteiger partial charge in [0.15, 0.2) is 0 Å². The summed E-state index contributed by atoms with van der Waals surface area (Å²) in [6.45, 7) is 29.2. The predicted octanol–water partition coefficient (Wildman–Crippen LogP) is 6.89. The standard InChI is InChI=1S/C21H44O2P2/c1-18(2,3)24(19(4,5)6)13-16-17(23-15-22-16)14-25(20(7,8)9)21(10,11)12/h16-17H,13-15H2,1-12H3/t16-,17-/m0/s1. The summed E-state index contributed by atoms with van der Waals surface area (Å²) in [6.07, 6.45) is 2.84. The molecule has 2 atom stereocenters. The topological polar surface area (TPSA) is 18.5 Å². The zero-order valence-electron chi connectivity index (χ0n) is 19.0. The molecule has 0 bridgehead atoms. The maximum atomic E-state index is 6.12. The molecule has 0 N–H and O–H groups in total. The molecule has 1 saturated heterocycles. The minimum absolute atomic E-state index is 0.159. The lowest BCUT2D eigenvalue weighted by Crippen LogP contribution is -2.38. The molecule has 0 aromatic rings. The third kappa shape index (κ3) is 7.03. The molecule has 1 rings (SSSR count). The fourth-order valence-electron chi connectivity index (χ4n) is 4.24. The molecule has 0 saturated carbocycles.